The molecule has 2 N–H and O–H groups in total. The van der Waals surface area contributed by atoms with Crippen molar-refractivity contribution < 1.29 is 10.2 Å². The summed E-state index contributed by atoms with van der Waals surface area (Å²) in [5, 5.41) is 29.4. The van der Waals surface area contributed by atoms with Gasteiger partial charge in [-0.3, -0.25) is 0 Å². The molecule has 0 bridgehead atoms. The van der Waals surface area contributed by atoms with Crippen LogP contribution in [-0.4, -0.2) is 10.2 Å². The zero-order valence-corrected chi connectivity index (χ0v) is 19.3. The molecule has 0 aliphatic rings. The molecule has 2 nitrogen and oxygen atoms in total. The number of hydrogen-bond donors (Lipinski definition) is 2. The van der Waals surface area contributed by atoms with Crippen molar-refractivity contribution in [3.8, 4) is 11.5 Å². The lowest BCUT2D eigenvalue weighted by Crippen LogP contribution is -2.25. The lowest BCUT2D eigenvalue weighted by Gasteiger charge is -2.26. The highest BCUT2D eigenvalue weighted by molar-refractivity contribution is 7.80. The second-order valence-corrected chi connectivity index (χ2v) is 10.5. The summed E-state index contributed by atoms with van der Waals surface area (Å²) in [6.07, 6.45) is 0. The van der Waals surface area contributed by atoms with E-state index in [4.69, 9.17) is 0 Å². The molecule has 0 spiro atoms. The largest absolute Gasteiger partial charge is 0.507 e. The number of phenolic OH excluding ortho intramolecular Hbond substituents is 2. The predicted molar refractivity (Wildman–Crippen MR) is 138 cm³/mol. The van der Waals surface area contributed by atoms with Gasteiger partial charge in [-0.25, -0.2) is 0 Å². The fourth-order valence-corrected chi connectivity index (χ4v) is 7.43. The number of phenols is 2. The van der Waals surface area contributed by atoms with Crippen LogP contribution in [0, 0.1) is 20.8 Å². The smallest absolute Gasteiger partial charge is 0.131 e. The molecule has 158 valence electrons. The molecular formula is C29H25O2P. The second kappa shape index (κ2) is 7.97. The van der Waals surface area contributed by atoms with Gasteiger partial charge in [-0.05, 0) is 68.0 Å². The van der Waals surface area contributed by atoms with Crippen LogP contribution in [0.3, 0.4) is 0 Å². The molecule has 32 heavy (non-hydrogen) atoms. The first-order chi connectivity index (χ1) is 15.5. The molecule has 0 aliphatic heterocycles. The van der Waals surface area contributed by atoms with Gasteiger partial charge in [-0.2, -0.15) is 0 Å². The fourth-order valence-electron chi connectivity index (χ4n) is 4.74. The number of aryl methyl sites for hydroxylation is 3. The van der Waals surface area contributed by atoms with E-state index in [1.54, 1.807) is 0 Å². The summed E-state index contributed by atoms with van der Waals surface area (Å²) in [7, 11) is -1.19. The number of rotatable bonds is 3. The first-order valence-corrected chi connectivity index (χ1v) is 12.1. The minimum absolute atomic E-state index is 0.293. The average molecular weight is 436 g/mol. The van der Waals surface area contributed by atoms with Crippen molar-refractivity contribution >= 4 is 45.4 Å². The third-order valence-corrected chi connectivity index (χ3v) is 8.94. The molecule has 0 saturated heterocycles. The maximum absolute atomic E-state index is 11.4. The molecule has 3 heteroatoms. The predicted octanol–water partition coefficient (Wildman–Crippen LogP) is 6.09. The molecule has 5 rings (SSSR count). The van der Waals surface area contributed by atoms with Crippen molar-refractivity contribution in [2.24, 2.45) is 0 Å². The van der Waals surface area contributed by atoms with Gasteiger partial charge >= 0.3 is 0 Å². The van der Waals surface area contributed by atoms with E-state index in [9.17, 15) is 10.2 Å². The molecule has 0 aromatic heterocycles. The highest BCUT2D eigenvalue weighted by atomic mass is 31.1. The minimum Gasteiger partial charge on any atom is -0.507 e. The molecule has 0 unspecified atom stereocenters. The van der Waals surface area contributed by atoms with E-state index in [-0.39, 0.29) is 0 Å². The zero-order chi connectivity index (χ0) is 22.4. The van der Waals surface area contributed by atoms with Crippen molar-refractivity contribution in [2.75, 3.05) is 0 Å². The number of benzene rings is 5. The standard InChI is InChI=1S/C29H25O2P/c1-18-16-19(2)29(20(3)17-18)32(25-14-12-21-8-4-6-10-23(21)27(25)30)26-15-13-22-9-5-7-11-24(22)28(26)31/h4-17,30-31H,1-3H3. The molecule has 0 radical (unpaired) electrons. The van der Waals surface area contributed by atoms with E-state index in [1.165, 1.54) is 22.0 Å². The van der Waals surface area contributed by atoms with Crippen LogP contribution in [0.2, 0.25) is 0 Å². The Bertz CT molecular complexity index is 1380. The van der Waals surface area contributed by atoms with E-state index in [0.717, 1.165) is 32.2 Å². The summed E-state index contributed by atoms with van der Waals surface area (Å²) in [5.74, 6) is 0.585. The lowest BCUT2D eigenvalue weighted by atomic mass is 10.1. The zero-order valence-electron chi connectivity index (χ0n) is 18.4. The molecule has 5 aromatic carbocycles. The van der Waals surface area contributed by atoms with Crippen LogP contribution >= 0.6 is 7.92 Å². The number of aromatic hydroxyl groups is 2. The first kappa shape index (κ1) is 20.5. The lowest BCUT2D eigenvalue weighted by molar-refractivity contribution is 0.485. The summed E-state index contributed by atoms with van der Waals surface area (Å²) >= 11 is 0. The van der Waals surface area contributed by atoms with E-state index in [2.05, 4.69) is 45.0 Å². The molecule has 0 aliphatic carbocycles. The van der Waals surface area contributed by atoms with Crippen LogP contribution in [0.25, 0.3) is 21.5 Å². The minimum atomic E-state index is -1.19. The maximum atomic E-state index is 11.4. The molecule has 0 atom stereocenters. The SMILES string of the molecule is Cc1cc(C)c(P(c2ccc3ccccc3c2O)c2ccc3ccccc3c2O)c(C)c1. The van der Waals surface area contributed by atoms with E-state index in [0.29, 0.717) is 11.5 Å². The van der Waals surface area contributed by atoms with Crippen molar-refractivity contribution in [3.63, 3.8) is 0 Å². The Kier molecular flexibility index (Phi) is 5.12. The quantitative estimate of drug-likeness (QED) is 0.336. The summed E-state index contributed by atoms with van der Waals surface area (Å²) in [5.41, 5.74) is 3.56. The van der Waals surface area contributed by atoms with Crippen LogP contribution in [0.4, 0.5) is 0 Å². The Balaban J connectivity index is 1.86. The molecule has 5 aromatic rings. The fraction of sp³-hybridized carbons (Fsp3) is 0.103. The normalized spacial score (nSPS) is 11.5. The first-order valence-electron chi connectivity index (χ1n) is 10.7. The van der Waals surface area contributed by atoms with E-state index < -0.39 is 7.92 Å². The van der Waals surface area contributed by atoms with Crippen molar-refractivity contribution in [3.05, 3.63) is 102 Å². The Hall–Kier alpha value is -3.35. The monoisotopic (exact) mass is 436 g/mol. The van der Waals surface area contributed by atoms with Crippen LogP contribution < -0.4 is 15.9 Å². The Morgan fingerprint density at radius 1 is 0.562 bits per heavy atom. The third kappa shape index (κ3) is 3.32. The average Bonchev–Trinajstić information content (AvgIpc) is 2.78. The van der Waals surface area contributed by atoms with Crippen molar-refractivity contribution in [2.45, 2.75) is 20.8 Å². The topological polar surface area (TPSA) is 40.5 Å². The highest BCUT2D eigenvalue weighted by Gasteiger charge is 2.27. The summed E-state index contributed by atoms with van der Waals surface area (Å²) in [6, 6.07) is 28.3. The van der Waals surface area contributed by atoms with Crippen molar-refractivity contribution in [1.82, 2.24) is 0 Å². The molecule has 0 fully saturated rings. The Labute approximate surface area is 189 Å². The molecule has 0 amide bonds. The molecule has 0 saturated carbocycles. The van der Waals surface area contributed by atoms with Gasteiger partial charge in [0.1, 0.15) is 11.5 Å². The van der Waals surface area contributed by atoms with Crippen LogP contribution in [-0.2, 0) is 0 Å². The van der Waals surface area contributed by atoms with Crippen LogP contribution in [0.15, 0.2) is 84.9 Å². The third-order valence-electron chi connectivity index (χ3n) is 6.10. The van der Waals surface area contributed by atoms with Crippen molar-refractivity contribution in [1.29, 1.82) is 0 Å². The molecular weight excluding hydrogens is 411 g/mol. The number of fused-ring (bicyclic) bond motifs is 2. The van der Waals surface area contributed by atoms with E-state index >= 15 is 0 Å². The van der Waals surface area contributed by atoms with Gasteiger partial charge in [0.15, 0.2) is 0 Å². The van der Waals surface area contributed by atoms with Gasteiger partial charge in [0.25, 0.3) is 0 Å². The highest BCUT2D eigenvalue weighted by Crippen LogP contribution is 2.44. The van der Waals surface area contributed by atoms with Gasteiger partial charge < -0.3 is 10.2 Å². The van der Waals surface area contributed by atoms with Gasteiger partial charge in [-0.15, -0.1) is 0 Å². The Morgan fingerprint density at radius 2 is 1.00 bits per heavy atom. The van der Waals surface area contributed by atoms with Gasteiger partial charge in [0.2, 0.25) is 0 Å². The van der Waals surface area contributed by atoms with Crippen LogP contribution in [0.5, 0.6) is 11.5 Å². The van der Waals surface area contributed by atoms with Crippen LogP contribution in [0.1, 0.15) is 16.7 Å². The van der Waals surface area contributed by atoms with Gasteiger partial charge in [-0.1, -0.05) is 78.4 Å². The van der Waals surface area contributed by atoms with E-state index in [1.807, 2.05) is 60.7 Å². The Morgan fingerprint density at radius 3 is 1.47 bits per heavy atom. The maximum Gasteiger partial charge on any atom is 0.131 e. The molecule has 0 heterocycles. The summed E-state index contributed by atoms with van der Waals surface area (Å²) in [6.45, 7) is 6.36. The van der Waals surface area contributed by atoms with Gasteiger partial charge in [0.05, 0.1) is 0 Å². The van der Waals surface area contributed by atoms with Gasteiger partial charge in [0, 0.05) is 21.4 Å². The second-order valence-electron chi connectivity index (χ2n) is 8.39. The summed E-state index contributed by atoms with van der Waals surface area (Å²) < 4.78 is 0. The number of hydrogen-bond acceptors (Lipinski definition) is 2. The summed E-state index contributed by atoms with van der Waals surface area (Å²) in [4.78, 5) is 0.